The van der Waals surface area contributed by atoms with E-state index in [0.717, 1.165) is 10.7 Å². The van der Waals surface area contributed by atoms with Gasteiger partial charge in [-0.25, -0.2) is 9.37 Å². The molecule has 0 saturated carbocycles. The van der Waals surface area contributed by atoms with Gasteiger partial charge in [-0.1, -0.05) is 23.0 Å². The summed E-state index contributed by atoms with van der Waals surface area (Å²) in [5, 5.41) is 13.6. The Morgan fingerprint density at radius 2 is 2.04 bits per heavy atom. The highest BCUT2D eigenvalue weighted by atomic mass is 32.2. The van der Waals surface area contributed by atoms with Crippen LogP contribution in [0.2, 0.25) is 0 Å². The summed E-state index contributed by atoms with van der Waals surface area (Å²) in [5.74, 6) is 1.78. The van der Waals surface area contributed by atoms with Crippen LogP contribution in [-0.4, -0.2) is 25.3 Å². The summed E-state index contributed by atoms with van der Waals surface area (Å²) < 4.78 is 18.1. The van der Waals surface area contributed by atoms with E-state index in [4.69, 9.17) is 4.52 Å². The van der Waals surface area contributed by atoms with Crippen molar-refractivity contribution in [1.82, 2.24) is 25.3 Å². The van der Waals surface area contributed by atoms with E-state index in [2.05, 4.69) is 25.3 Å². The fourth-order valence-corrected chi connectivity index (χ4v) is 3.29. The number of thioether (sulfide) groups is 1. The van der Waals surface area contributed by atoms with E-state index in [1.807, 2.05) is 17.5 Å². The lowest BCUT2D eigenvalue weighted by atomic mass is 10.2. The van der Waals surface area contributed by atoms with Gasteiger partial charge in [-0.15, -0.1) is 16.4 Å². The van der Waals surface area contributed by atoms with Crippen molar-refractivity contribution in [2.24, 2.45) is 0 Å². The predicted octanol–water partition coefficient (Wildman–Crippen LogP) is 4.01. The Bertz CT molecular complexity index is 933. The smallest absolute Gasteiger partial charge is 0.237 e. The topological polar surface area (TPSA) is 80.5 Å². The Hall–Kier alpha value is -2.52. The summed E-state index contributed by atoms with van der Waals surface area (Å²) >= 11 is 2.99. The molecule has 0 unspecified atom stereocenters. The lowest BCUT2D eigenvalue weighted by molar-refractivity contribution is 0.391. The average Bonchev–Trinajstić information content (AvgIpc) is 3.34. The van der Waals surface area contributed by atoms with E-state index in [1.165, 1.54) is 23.9 Å². The second kappa shape index (κ2) is 6.54. The predicted molar refractivity (Wildman–Crippen MR) is 88.9 cm³/mol. The van der Waals surface area contributed by atoms with Crippen LogP contribution in [0.1, 0.15) is 5.89 Å². The maximum atomic E-state index is 12.9. The third-order valence-corrected chi connectivity index (χ3v) is 4.82. The molecule has 0 fully saturated rings. The molecule has 3 aromatic heterocycles. The number of rotatable bonds is 5. The maximum Gasteiger partial charge on any atom is 0.237 e. The summed E-state index contributed by atoms with van der Waals surface area (Å²) in [6, 6.07) is 9.89. The highest BCUT2D eigenvalue weighted by molar-refractivity contribution is 7.98. The van der Waals surface area contributed by atoms with E-state index in [1.54, 1.807) is 23.5 Å². The van der Waals surface area contributed by atoms with Crippen LogP contribution in [0.4, 0.5) is 4.39 Å². The van der Waals surface area contributed by atoms with Crippen molar-refractivity contribution in [2.45, 2.75) is 10.9 Å². The Labute approximate surface area is 144 Å². The summed E-state index contributed by atoms with van der Waals surface area (Å²) in [4.78, 5) is 9.75. The summed E-state index contributed by atoms with van der Waals surface area (Å²) in [6.45, 7) is 0. The fourth-order valence-electron chi connectivity index (χ4n) is 1.99. The summed E-state index contributed by atoms with van der Waals surface area (Å²) in [6.07, 6.45) is 0. The van der Waals surface area contributed by atoms with E-state index in [9.17, 15) is 4.39 Å². The van der Waals surface area contributed by atoms with Gasteiger partial charge in [-0.2, -0.15) is 4.98 Å². The number of halogens is 1. The molecule has 0 aliphatic carbocycles. The third-order valence-electron chi connectivity index (χ3n) is 3.11. The first kappa shape index (κ1) is 15.0. The number of hydrogen-bond donors (Lipinski definition) is 1. The molecule has 0 saturated heterocycles. The van der Waals surface area contributed by atoms with Crippen molar-refractivity contribution < 1.29 is 8.91 Å². The number of H-pyrrole nitrogens is 1. The number of thiophene rings is 1. The Kier molecular flexibility index (Phi) is 4.09. The van der Waals surface area contributed by atoms with Crippen LogP contribution < -0.4 is 0 Å². The molecule has 0 aliphatic rings. The molecule has 4 aromatic rings. The first-order valence-corrected chi connectivity index (χ1v) is 8.82. The molecule has 1 aromatic carbocycles. The molecule has 120 valence electrons. The molecule has 0 atom stereocenters. The third kappa shape index (κ3) is 3.22. The Morgan fingerprint density at radius 1 is 1.17 bits per heavy atom. The molecule has 9 heteroatoms. The van der Waals surface area contributed by atoms with Gasteiger partial charge in [0.25, 0.3) is 0 Å². The largest absolute Gasteiger partial charge is 0.338 e. The minimum Gasteiger partial charge on any atom is -0.338 e. The number of aromatic amines is 1. The number of aromatic nitrogens is 5. The first-order chi connectivity index (χ1) is 11.8. The fraction of sp³-hybridized carbons (Fsp3) is 0.0667. The Balaban J connectivity index is 1.42. The van der Waals surface area contributed by atoms with Crippen molar-refractivity contribution in [3.63, 3.8) is 0 Å². The van der Waals surface area contributed by atoms with Gasteiger partial charge in [0.15, 0.2) is 5.82 Å². The van der Waals surface area contributed by atoms with Crippen LogP contribution in [0, 0.1) is 5.82 Å². The van der Waals surface area contributed by atoms with Crippen LogP contribution in [0.25, 0.3) is 22.1 Å². The molecule has 0 radical (unpaired) electrons. The van der Waals surface area contributed by atoms with E-state index >= 15 is 0 Å². The monoisotopic (exact) mass is 359 g/mol. The van der Waals surface area contributed by atoms with Gasteiger partial charge in [-0.05, 0) is 35.7 Å². The standard InChI is InChI=1S/C15H10FN5OS2/c16-10-5-3-9(4-6-10)13-17-12(22-21-13)8-24-15-18-14(19-20-15)11-2-1-7-23-11/h1-7H,8H2,(H,18,19,20). The Morgan fingerprint density at radius 3 is 2.83 bits per heavy atom. The number of nitrogens with one attached hydrogen (secondary N) is 1. The SMILES string of the molecule is Fc1ccc(-c2noc(CSc3n[nH]c(-c4cccs4)n3)n2)cc1. The molecule has 0 aliphatic heterocycles. The molecule has 3 heterocycles. The van der Waals surface area contributed by atoms with Gasteiger partial charge in [0.05, 0.1) is 10.6 Å². The minimum atomic E-state index is -0.302. The zero-order chi connectivity index (χ0) is 16.4. The molecule has 4 rings (SSSR count). The van der Waals surface area contributed by atoms with Gasteiger partial charge in [-0.3, -0.25) is 5.10 Å². The van der Waals surface area contributed by atoms with E-state index in [0.29, 0.717) is 28.2 Å². The van der Waals surface area contributed by atoms with Gasteiger partial charge in [0.1, 0.15) is 5.82 Å². The molecular weight excluding hydrogens is 349 g/mol. The van der Waals surface area contributed by atoms with Crippen molar-refractivity contribution >= 4 is 23.1 Å². The second-order valence-electron chi connectivity index (χ2n) is 4.75. The zero-order valence-corrected chi connectivity index (χ0v) is 13.8. The molecule has 0 amide bonds. The molecule has 1 N–H and O–H groups in total. The van der Waals surface area contributed by atoms with Crippen LogP contribution in [-0.2, 0) is 5.75 Å². The van der Waals surface area contributed by atoms with Crippen molar-refractivity contribution in [3.05, 3.63) is 53.5 Å². The quantitative estimate of drug-likeness (QED) is 0.542. The van der Waals surface area contributed by atoms with Gasteiger partial charge in [0, 0.05) is 5.56 Å². The minimum absolute atomic E-state index is 0.302. The van der Waals surface area contributed by atoms with Gasteiger partial charge in [0.2, 0.25) is 16.9 Å². The number of benzene rings is 1. The molecule has 24 heavy (non-hydrogen) atoms. The highest BCUT2D eigenvalue weighted by Gasteiger charge is 2.12. The maximum absolute atomic E-state index is 12.9. The normalized spacial score (nSPS) is 11.0. The van der Waals surface area contributed by atoms with Crippen LogP contribution in [0.3, 0.4) is 0 Å². The highest BCUT2D eigenvalue weighted by Crippen LogP contribution is 2.25. The number of nitrogens with zero attached hydrogens (tertiary/aromatic N) is 4. The lowest BCUT2D eigenvalue weighted by Gasteiger charge is -1.92. The van der Waals surface area contributed by atoms with Gasteiger partial charge >= 0.3 is 0 Å². The van der Waals surface area contributed by atoms with Crippen molar-refractivity contribution in [2.75, 3.05) is 0 Å². The summed E-state index contributed by atoms with van der Waals surface area (Å²) in [7, 11) is 0. The van der Waals surface area contributed by atoms with Gasteiger partial charge < -0.3 is 4.52 Å². The van der Waals surface area contributed by atoms with E-state index in [-0.39, 0.29) is 5.82 Å². The van der Waals surface area contributed by atoms with Crippen LogP contribution in [0.15, 0.2) is 51.5 Å². The number of hydrogen-bond acceptors (Lipinski definition) is 7. The van der Waals surface area contributed by atoms with Crippen molar-refractivity contribution in [3.8, 4) is 22.1 Å². The molecule has 0 bridgehead atoms. The first-order valence-electron chi connectivity index (χ1n) is 6.95. The summed E-state index contributed by atoms with van der Waals surface area (Å²) in [5.41, 5.74) is 0.703. The lowest BCUT2D eigenvalue weighted by Crippen LogP contribution is -1.84. The molecule has 0 spiro atoms. The van der Waals surface area contributed by atoms with E-state index < -0.39 is 0 Å². The second-order valence-corrected chi connectivity index (χ2v) is 6.64. The van der Waals surface area contributed by atoms with Crippen molar-refractivity contribution in [1.29, 1.82) is 0 Å². The van der Waals surface area contributed by atoms with Crippen LogP contribution in [0.5, 0.6) is 0 Å². The molecular formula is C15H10FN5OS2. The zero-order valence-electron chi connectivity index (χ0n) is 12.1. The molecule has 6 nitrogen and oxygen atoms in total. The average molecular weight is 359 g/mol. The van der Waals surface area contributed by atoms with Crippen LogP contribution >= 0.6 is 23.1 Å².